The zero-order chi connectivity index (χ0) is 20.9. The van der Waals surface area contributed by atoms with E-state index in [1.54, 1.807) is 11.3 Å². The number of alkyl halides is 6. The Morgan fingerprint density at radius 1 is 0.889 bits per heavy atom. The molecule has 0 aliphatic heterocycles. The average Bonchev–Trinajstić information content (AvgIpc) is 2.98. The van der Waals surface area contributed by atoms with E-state index >= 15 is 0 Å². The summed E-state index contributed by atoms with van der Waals surface area (Å²) in [6.45, 7) is 0.977. The number of aromatic nitrogens is 1. The molecule has 27 heavy (non-hydrogen) atoms. The summed E-state index contributed by atoms with van der Waals surface area (Å²) in [7, 11) is -13.4. The van der Waals surface area contributed by atoms with Crippen molar-refractivity contribution in [3.8, 4) is 0 Å². The standard InChI is InChI=1S/C10H10NS.C2F6NO4S2/c1-2-4-10(5-3-1)8-11-6-7-12-9-11;3-1(4,5)14(10,11)9-15(12,13)2(6,7)8/h1-7,9H,8H2;/q+1;-1. The lowest BCUT2D eigenvalue weighted by atomic mass is 10.2. The van der Waals surface area contributed by atoms with Crippen molar-refractivity contribution in [2.75, 3.05) is 0 Å². The third-order valence-corrected chi connectivity index (χ3v) is 5.93. The SMILES string of the molecule is O=S(=O)([N-]S(=O)(=O)C(F)(F)F)C(F)(F)F.c1ccc(C[n+]2ccsc2)cc1. The molecular formula is C12H10F6N2O4S3. The van der Waals surface area contributed by atoms with Gasteiger partial charge in [-0.15, -0.1) is 0 Å². The number of sulfonamides is 2. The van der Waals surface area contributed by atoms with Crippen LogP contribution in [0.4, 0.5) is 26.3 Å². The quantitative estimate of drug-likeness (QED) is 0.523. The van der Waals surface area contributed by atoms with Gasteiger partial charge in [-0.3, -0.25) is 0 Å². The number of hydrogen-bond donors (Lipinski definition) is 0. The van der Waals surface area contributed by atoms with Gasteiger partial charge < -0.3 is 4.13 Å². The van der Waals surface area contributed by atoms with E-state index in [-0.39, 0.29) is 0 Å². The maximum absolute atomic E-state index is 11.4. The summed E-state index contributed by atoms with van der Waals surface area (Å²) in [5.41, 5.74) is -8.94. The number of rotatable bonds is 4. The molecule has 6 nitrogen and oxygen atoms in total. The van der Waals surface area contributed by atoms with Crippen molar-refractivity contribution in [1.29, 1.82) is 0 Å². The van der Waals surface area contributed by atoms with Gasteiger partial charge in [0.25, 0.3) is 0 Å². The first-order valence-electron chi connectivity index (χ1n) is 6.48. The van der Waals surface area contributed by atoms with Crippen molar-refractivity contribution in [3.05, 3.63) is 57.1 Å². The number of thiazole rings is 1. The van der Waals surface area contributed by atoms with Gasteiger partial charge in [-0.25, -0.2) is 16.8 Å². The van der Waals surface area contributed by atoms with Crippen molar-refractivity contribution in [2.45, 2.75) is 17.6 Å². The topological polar surface area (TPSA) is 86.3 Å². The van der Waals surface area contributed by atoms with Gasteiger partial charge in [-0.1, -0.05) is 41.7 Å². The molecule has 0 unspecified atom stereocenters. The molecule has 0 fully saturated rings. The Bertz CT molecular complexity index is 882. The Hall–Kier alpha value is -1.71. The molecule has 0 atom stereocenters. The molecule has 2 rings (SSSR count). The van der Waals surface area contributed by atoms with E-state index in [0.717, 1.165) is 10.7 Å². The number of hydrogen-bond acceptors (Lipinski definition) is 5. The van der Waals surface area contributed by atoms with Gasteiger partial charge in [0.15, 0.2) is 32.8 Å². The molecule has 0 radical (unpaired) electrons. The highest BCUT2D eigenvalue weighted by molar-refractivity contribution is 8.13. The molecule has 1 heterocycles. The highest BCUT2D eigenvalue weighted by Crippen LogP contribution is 2.36. The van der Waals surface area contributed by atoms with Gasteiger partial charge in [0.1, 0.15) is 0 Å². The van der Waals surface area contributed by atoms with Crippen LogP contribution in [-0.2, 0) is 26.6 Å². The summed E-state index contributed by atoms with van der Waals surface area (Å²) in [5, 5.41) is 2.09. The zero-order valence-corrected chi connectivity index (χ0v) is 15.3. The maximum Gasteiger partial charge on any atom is 0.480 e. The predicted octanol–water partition coefficient (Wildman–Crippen LogP) is 3.14. The molecular weight excluding hydrogens is 446 g/mol. The lowest BCUT2D eigenvalue weighted by Crippen LogP contribution is -2.30. The molecule has 0 amide bonds. The first-order valence-corrected chi connectivity index (χ1v) is 10.3. The summed E-state index contributed by atoms with van der Waals surface area (Å²) in [4.78, 5) is 0. The van der Waals surface area contributed by atoms with Crippen LogP contribution in [0, 0.1) is 0 Å². The third-order valence-electron chi connectivity index (χ3n) is 2.52. The molecule has 0 saturated carbocycles. The van der Waals surface area contributed by atoms with E-state index in [9.17, 15) is 43.2 Å². The van der Waals surface area contributed by atoms with Crippen molar-refractivity contribution in [3.63, 3.8) is 0 Å². The Balaban J connectivity index is 0.000000274. The van der Waals surface area contributed by atoms with E-state index in [1.165, 1.54) is 5.56 Å². The minimum Gasteiger partial charge on any atom is -0.421 e. The molecule has 2 aromatic rings. The number of benzene rings is 1. The highest BCUT2D eigenvalue weighted by Gasteiger charge is 2.46. The van der Waals surface area contributed by atoms with Gasteiger partial charge >= 0.3 is 11.0 Å². The van der Waals surface area contributed by atoms with Crippen molar-refractivity contribution < 1.29 is 47.7 Å². The predicted molar refractivity (Wildman–Crippen MR) is 83.4 cm³/mol. The lowest BCUT2D eigenvalue weighted by Gasteiger charge is -2.22. The van der Waals surface area contributed by atoms with Gasteiger partial charge in [-0.2, -0.15) is 30.9 Å². The third kappa shape index (κ3) is 7.08. The van der Waals surface area contributed by atoms with E-state index in [2.05, 4.69) is 45.9 Å². The highest BCUT2D eigenvalue weighted by atomic mass is 32.3. The average molecular weight is 456 g/mol. The zero-order valence-electron chi connectivity index (χ0n) is 12.8. The van der Waals surface area contributed by atoms with Crippen LogP contribution in [0.3, 0.4) is 0 Å². The molecule has 1 aromatic heterocycles. The summed E-state index contributed by atoms with van der Waals surface area (Å²) >= 11 is 1.72. The second kappa shape index (κ2) is 8.53. The molecule has 15 heteroatoms. The number of halogens is 6. The molecule has 0 aliphatic carbocycles. The fourth-order valence-corrected chi connectivity index (χ4v) is 3.67. The maximum atomic E-state index is 11.4. The van der Waals surface area contributed by atoms with Crippen LogP contribution in [-0.4, -0.2) is 27.9 Å². The molecule has 152 valence electrons. The molecule has 0 saturated heterocycles. The second-order valence-electron chi connectivity index (χ2n) is 4.60. The van der Waals surface area contributed by atoms with Crippen molar-refractivity contribution >= 4 is 31.4 Å². The van der Waals surface area contributed by atoms with Gasteiger partial charge in [0, 0.05) is 5.56 Å². The van der Waals surface area contributed by atoms with E-state index in [0.29, 0.717) is 0 Å². The lowest BCUT2D eigenvalue weighted by molar-refractivity contribution is -0.683. The second-order valence-corrected chi connectivity index (χ2v) is 8.78. The van der Waals surface area contributed by atoms with Crippen LogP contribution in [0.25, 0.3) is 4.13 Å². The van der Waals surface area contributed by atoms with Crippen molar-refractivity contribution in [1.82, 2.24) is 0 Å². The van der Waals surface area contributed by atoms with E-state index in [4.69, 9.17) is 0 Å². The van der Waals surface area contributed by atoms with Crippen LogP contribution in [0.2, 0.25) is 0 Å². The minimum absolute atomic E-state index is 0.778. The summed E-state index contributed by atoms with van der Waals surface area (Å²) < 4.78 is 111. The molecule has 0 spiro atoms. The summed E-state index contributed by atoms with van der Waals surface area (Å²) in [5.74, 6) is 0. The van der Waals surface area contributed by atoms with Crippen LogP contribution >= 0.6 is 11.3 Å². The van der Waals surface area contributed by atoms with Crippen LogP contribution in [0.15, 0.2) is 47.4 Å². The van der Waals surface area contributed by atoms with E-state index in [1.807, 2.05) is 6.07 Å². The minimum atomic E-state index is -6.72. The fraction of sp³-hybridized carbons (Fsp3) is 0.250. The van der Waals surface area contributed by atoms with Crippen LogP contribution < -0.4 is 4.57 Å². The normalized spacial score (nSPS) is 13.0. The largest absolute Gasteiger partial charge is 0.480 e. The van der Waals surface area contributed by atoms with Gasteiger partial charge in [0.05, 0.1) is 5.38 Å². The Morgan fingerprint density at radius 3 is 1.74 bits per heavy atom. The van der Waals surface area contributed by atoms with Crippen LogP contribution in [0.1, 0.15) is 5.56 Å². The summed E-state index contributed by atoms with van der Waals surface area (Å²) in [6, 6.07) is 10.5. The molecule has 1 aromatic carbocycles. The van der Waals surface area contributed by atoms with Gasteiger partial charge in [0.2, 0.25) is 5.51 Å². The van der Waals surface area contributed by atoms with Gasteiger partial charge in [-0.05, 0) is 0 Å². The molecule has 0 N–H and O–H groups in total. The molecule has 0 bridgehead atoms. The monoisotopic (exact) mass is 456 g/mol. The fourth-order valence-electron chi connectivity index (χ4n) is 1.36. The first kappa shape index (κ1) is 23.3. The smallest absolute Gasteiger partial charge is 0.421 e. The summed E-state index contributed by atoms with van der Waals surface area (Å²) in [6.07, 6.45) is 2.09. The van der Waals surface area contributed by atoms with Crippen molar-refractivity contribution in [2.24, 2.45) is 0 Å². The van der Waals surface area contributed by atoms with Crippen LogP contribution in [0.5, 0.6) is 0 Å². The first-order chi connectivity index (χ1) is 12.2. The Labute approximate surface area is 154 Å². The van der Waals surface area contributed by atoms with E-state index < -0.39 is 31.1 Å². The Kier molecular flexibility index (Phi) is 7.37. The number of nitrogens with zero attached hydrogens (tertiary/aromatic N) is 2. The molecule has 0 aliphatic rings. The Morgan fingerprint density at radius 2 is 1.37 bits per heavy atom.